The van der Waals surface area contributed by atoms with Gasteiger partial charge in [-0.1, -0.05) is 30.7 Å². The van der Waals surface area contributed by atoms with Crippen LogP contribution in [0.2, 0.25) is 5.02 Å². The number of halogens is 2. The van der Waals surface area contributed by atoms with E-state index in [9.17, 15) is 4.79 Å². The fourth-order valence-corrected chi connectivity index (χ4v) is 4.18. The van der Waals surface area contributed by atoms with E-state index >= 15 is 4.39 Å². The highest BCUT2D eigenvalue weighted by atomic mass is 35.5. The molecule has 4 heterocycles. The molecule has 1 aliphatic rings. The number of anilines is 2. The number of aromatic nitrogens is 4. The van der Waals surface area contributed by atoms with Crippen molar-refractivity contribution in [2.75, 3.05) is 25.6 Å². The zero-order chi connectivity index (χ0) is 23.7. The molecule has 10 heteroatoms. The molecule has 3 aromatic heterocycles. The van der Waals surface area contributed by atoms with Crippen molar-refractivity contribution < 1.29 is 13.9 Å². The number of amides is 1. The van der Waals surface area contributed by atoms with Gasteiger partial charge in [-0.3, -0.25) is 9.48 Å². The second-order valence-electron chi connectivity index (χ2n) is 8.02. The van der Waals surface area contributed by atoms with Crippen LogP contribution >= 0.6 is 11.6 Å². The largest absolute Gasteiger partial charge is 0.382 e. The maximum Gasteiger partial charge on any atom is 0.271 e. The number of rotatable bonds is 8. The molecule has 33 heavy (non-hydrogen) atoms. The van der Waals surface area contributed by atoms with E-state index in [1.807, 2.05) is 11.5 Å². The Morgan fingerprint density at radius 2 is 2.24 bits per heavy atom. The summed E-state index contributed by atoms with van der Waals surface area (Å²) in [6.45, 7) is 7.42. The molecule has 1 atom stereocenters. The van der Waals surface area contributed by atoms with Crippen LogP contribution in [0.5, 0.6) is 0 Å². The molecule has 1 aliphatic heterocycles. The molecule has 0 bridgehead atoms. The zero-order valence-electron chi connectivity index (χ0n) is 18.8. The van der Waals surface area contributed by atoms with Gasteiger partial charge in [0.05, 0.1) is 23.9 Å². The van der Waals surface area contributed by atoms with Crippen molar-refractivity contribution in [1.82, 2.24) is 24.2 Å². The Labute approximate surface area is 196 Å². The molecule has 174 valence electrons. The molecule has 0 unspecified atom stereocenters. The minimum Gasteiger partial charge on any atom is -0.382 e. The van der Waals surface area contributed by atoms with Crippen LogP contribution < -0.4 is 5.32 Å². The van der Waals surface area contributed by atoms with Gasteiger partial charge in [0, 0.05) is 56.8 Å². The van der Waals surface area contributed by atoms with Crippen molar-refractivity contribution in [3.63, 3.8) is 0 Å². The predicted octanol–water partition coefficient (Wildman–Crippen LogP) is 4.26. The molecule has 0 aromatic carbocycles. The fourth-order valence-electron chi connectivity index (χ4n) is 3.94. The number of nitrogens with one attached hydrogen (secondary N) is 1. The van der Waals surface area contributed by atoms with E-state index in [-0.39, 0.29) is 28.4 Å². The van der Waals surface area contributed by atoms with Crippen LogP contribution in [0.1, 0.15) is 23.8 Å². The number of carbonyl (C=O) groups is 1. The van der Waals surface area contributed by atoms with Crippen LogP contribution in [0.15, 0.2) is 42.9 Å². The molecule has 0 aliphatic carbocycles. The summed E-state index contributed by atoms with van der Waals surface area (Å²) < 4.78 is 24.3. The number of methoxy groups -OCH3 is 1. The number of fused-ring (bicyclic) bond motifs is 1. The van der Waals surface area contributed by atoms with Gasteiger partial charge in [-0.05, 0) is 12.5 Å². The molecule has 1 N–H and O–H groups in total. The van der Waals surface area contributed by atoms with Crippen molar-refractivity contribution in [1.29, 1.82) is 0 Å². The number of pyridine rings is 1. The number of nitrogens with zero attached hydrogens (tertiary/aromatic N) is 5. The molecule has 1 amide bonds. The molecule has 4 rings (SSSR count). The third-order valence-electron chi connectivity index (χ3n) is 5.81. The van der Waals surface area contributed by atoms with Gasteiger partial charge in [0.25, 0.3) is 5.91 Å². The highest BCUT2D eigenvalue weighted by Crippen LogP contribution is 2.36. The van der Waals surface area contributed by atoms with E-state index in [4.69, 9.17) is 16.3 Å². The normalized spacial score (nSPS) is 15.6. The number of aryl methyl sites for hydroxylation is 1. The van der Waals surface area contributed by atoms with Crippen LogP contribution in [0.25, 0.3) is 11.1 Å². The van der Waals surface area contributed by atoms with Gasteiger partial charge in [-0.15, -0.1) is 0 Å². The summed E-state index contributed by atoms with van der Waals surface area (Å²) in [7, 11) is 3.34. The maximum absolute atomic E-state index is 15.5. The van der Waals surface area contributed by atoms with Crippen LogP contribution in [0.3, 0.4) is 0 Å². The Hall–Kier alpha value is -3.17. The fraction of sp³-hybridized carbons (Fsp3) is 0.348. The van der Waals surface area contributed by atoms with Gasteiger partial charge in [-0.25, -0.2) is 9.37 Å². The number of hydrogen-bond acceptors (Lipinski definition) is 5. The van der Waals surface area contributed by atoms with Gasteiger partial charge >= 0.3 is 0 Å². The van der Waals surface area contributed by atoms with Crippen molar-refractivity contribution in [2.45, 2.75) is 25.9 Å². The number of ether oxygens (including phenoxy) is 1. The maximum atomic E-state index is 15.5. The third kappa shape index (κ3) is 4.38. The molecular weight excluding hydrogens is 447 g/mol. The quantitative estimate of drug-likeness (QED) is 0.496. The zero-order valence-corrected chi connectivity index (χ0v) is 19.6. The Balaban J connectivity index is 1.72. The monoisotopic (exact) mass is 472 g/mol. The van der Waals surface area contributed by atoms with E-state index < -0.39 is 5.82 Å². The minimum atomic E-state index is -0.608. The lowest BCUT2D eigenvalue weighted by atomic mass is 10.1. The first-order valence-corrected chi connectivity index (χ1v) is 11.0. The molecular formula is C23H26ClFN6O2. The summed E-state index contributed by atoms with van der Waals surface area (Å²) >= 11 is 6.36. The van der Waals surface area contributed by atoms with Gasteiger partial charge in [-0.2, -0.15) is 5.10 Å². The standard InChI is InChI=1S/C23H26ClFN6O2/c1-5-14(2)10-31-16(13-33-4)12-30-11-15(8-18(30)23(31)32)20-17(24)9-26-22(21(20)25)28-19-6-7-27-29(19)3/h6-9,11,16H,2,5,10,12-13H2,1,3-4H3,(H,26,28)/t16-/m1/s1. The molecule has 0 spiro atoms. The molecule has 0 radical (unpaired) electrons. The average Bonchev–Trinajstić information content (AvgIpc) is 3.39. The van der Waals surface area contributed by atoms with Crippen molar-refractivity contribution in [2.24, 2.45) is 7.05 Å². The minimum absolute atomic E-state index is 0.0200. The molecule has 8 nitrogen and oxygen atoms in total. The summed E-state index contributed by atoms with van der Waals surface area (Å²) in [5, 5.41) is 7.16. The van der Waals surface area contributed by atoms with E-state index in [0.717, 1.165) is 12.0 Å². The van der Waals surface area contributed by atoms with Crippen molar-refractivity contribution in [3.8, 4) is 11.1 Å². The van der Waals surface area contributed by atoms with Gasteiger partial charge in [0.15, 0.2) is 11.6 Å². The van der Waals surface area contributed by atoms with Crippen LogP contribution in [0.4, 0.5) is 16.0 Å². The SMILES string of the molecule is C=C(CC)CN1C(=O)c2cc(-c3c(Cl)cnc(Nc4ccnn4C)c3F)cn2C[C@@H]1COC. The predicted molar refractivity (Wildman–Crippen MR) is 125 cm³/mol. The van der Waals surface area contributed by atoms with E-state index in [1.165, 1.54) is 6.20 Å². The Bertz CT molecular complexity index is 1200. The Morgan fingerprint density at radius 1 is 1.45 bits per heavy atom. The first kappa shape index (κ1) is 23.0. The van der Waals surface area contributed by atoms with Crippen LogP contribution in [0, 0.1) is 5.82 Å². The van der Waals surface area contributed by atoms with E-state index in [1.54, 1.807) is 48.3 Å². The van der Waals surface area contributed by atoms with E-state index in [2.05, 4.69) is 22.0 Å². The molecule has 0 saturated heterocycles. The van der Waals surface area contributed by atoms with Gasteiger partial charge in [0.2, 0.25) is 0 Å². The summed E-state index contributed by atoms with van der Waals surface area (Å²) in [6, 6.07) is 3.23. The average molecular weight is 473 g/mol. The van der Waals surface area contributed by atoms with Gasteiger partial charge < -0.3 is 19.5 Å². The molecule has 3 aromatic rings. The Morgan fingerprint density at radius 3 is 2.91 bits per heavy atom. The number of carbonyl (C=O) groups excluding carboxylic acids is 1. The lowest BCUT2D eigenvalue weighted by Crippen LogP contribution is -2.50. The topological polar surface area (TPSA) is 77.2 Å². The third-order valence-corrected chi connectivity index (χ3v) is 6.09. The smallest absolute Gasteiger partial charge is 0.271 e. The first-order valence-electron chi connectivity index (χ1n) is 10.6. The summed E-state index contributed by atoms with van der Waals surface area (Å²) in [5.41, 5.74) is 2.11. The lowest BCUT2D eigenvalue weighted by molar-refractivity contribution is 0.0442. The van der Waals surface area contributed by atoms with Crippen LogP contribution in [-0.2, 0) is 18.3 Å². The second kappa shape index (κ2) is 9.36. The summed E-state index contributed by atoms with van der Waals surface area (Å²) in [6.07, 6.45) is 5.52. The summed E-state index contributed by atoms with van der Waals surface area (Å²) in [5.74, 6) is -0.159. The highest BCUT2D eigenvalue weighted by Gasteiger charge is 2.34. The Kier molecular flexibility index (Phi) is 6.53. The highest BCUT2D eigenvalue weighted by molar-refractivity contribution is 6.33. The van der Waals surface area contributed by atoms with Crippen LogP contribution in [-0.4, -0.2) is 56.4 Å². The van der Waals surface area contributed by atoms with Gasteiger partial charge in [0.1, 0.15) is 11.5 Å². The van der Waals surface area contributed by atoms with Crippen molar-refractivity contribution in [3.05, 3.63) is 59.4 Å². The first-order chi connectivity index (χ1) is 15.8. The summed E-state index contributed by atoms with van der Waals surface area (Å²) in [4.78, 5) is 19.2. The second-order valence-corrected chi connectivity index (χ2v) is 8.43. The van der Waals surface area contributed by atoms with E-state index in [0.29, 0.717) is 36.8 Å². The van der Waals surface area contributed by atoms with Crippen molar-refractivity contribution >= 4 is 29.1 Å². The molecule has 0 fully saturated rings. The molecule has 0 saturated carbocycles. The lowest BCUT2D eigenvalue weighted by Gasteiger charge is -2.36. The number of hydrogen-bond donors (Lipinski definition) is 1.